The SMILES string of the molecule is CCCC1CCC(CN)C(N2CCCC(C(N)=O)C2)C1. The minimum atomic E-state index is -0.125. The van der Waals surface area contributed by atoms with Crippen LogP contribution in [0.15, 0.2) is 0 Å². The molecule has 0 bridgehead atoms. The number of piperidine rings is 1. The van der Waals surface area contributed by atoms with E-state index in [0.29, 0.717) is 12.0 Å². The summed E-state index contributed by atoms with van der Waals surface area (Å²) in [6, 6.07) is 0.576. The maximum Gasteiger partial charge on any atom is 0.221 e. The number of likely N-dealkylation sites (tertiary alicyclic amines) is 1. The number of hydrogen-bond donors (Lipinski definition) is 2. The van der Waals surface area contributed by atoms with Crippen LogP contribution in [0, 0.1) is 17.8 Å². The predicted molar refractivity (Wildman–Crippen MR) is 82.1 cm³/mol. The Morgan fingerprint density at radius 1 is 1.30 bits per heavy atom. The Bertz CT molecular complexity index is 321. The van der Waals surface area contributed by atoms with Gasteiger partial charge in [-0.15, -0.1) is 0 Å². The molecule has 4 N–H and O–H groups in total. The van der Waals surface area contributed by atoms with Crippen molar-refractivity contribution < 1.29 is 4.79 Å². The van der Waals surface area contributed by atoms with Gasteiger partial charge in [0.1, 0.15) is 0 Å². The number of carbonyl (C=O) groups excluding carboxylic acids is 1. The van der Waals surface area contributed by atoms with Crippen molar-refractivity contribution in [3.8, 4) is 0 Å². The van der Waals surface area contributed by atoms with E-state index < -0.39 is 0 Å². The van der Waals surface area contributed by atoms with Gasteiger partial charge in [0.25, 0.3) is 0 Å². The zero-order valence-corrected chi connectivity index (χ0v) is 12.9. The third-order valence-corrected chi connectivity index (χ3v) is 5.39. The number of nitrogens with two attached hydrogens (primary N) is 2. The lowest BCUT2D eigenvalue weighted by Gasteiger charge is -2.45. The van der Waals surface area contributed by atoms with Crippen molar-refractivity contribution in [1.82, 2.24) is 4.90 Å². The van der Waals surface area contributed by atoms with E-state index in [0.717, 1.165) is 38.4 Å². The number of amides is 1. The van der Waals surface area contributed by atoms with Crippen LogP contribution in [0.1, 0.15) is 51.9 Å². The van der Waals surface area contributed by atoms with E-state index >= 15 is 0 Å². The molecule has 1 aliphatic heterocycles. The van der Waals surface area contributed by atoms with E-state index in [4.69, 9.17) is 11.5 Å². The topological polar surface area (TPSA) is 72.3 Å². The summed E-state index contributed by atoms with van der Waals surface area (Å²) < 4.78 is 0. The molecule has 0 spiro atoms. The van der Waals surface area contributed by atoms with Gasteiger partial charge in [0, 0.05) is 12.6 Å². The van der Waals surface area contributed by atoms with Crippen molar-refractivity contribution in [3.05, 3.63) is 0 Å². The smallest absolute Gasteiger partial charge is 0.221 e. The largest absolute Gasteiger partial charge is 0.369 e. The van der Waals surface area contributed by atoms with Crippen LogP contribution in [0.3, 0.4) is 0 Å². The third kappa shape index (κ3) is 3.73. The van der Waals surface area contributed by atoms with Gasteiger partial charge in [-0.1, -0.05) is 26.2 Å². The fourth-order valence-electron chi connectivity index (χ4n) is 4.23. The molecule has 4 atom stereocenters. The molecule has 116 valence electrons. The van der Waals surface area contributed by atoms with Gasteiger partial charge in [-0.05, 0) is 50.6 Å². The van der Waals surface area contributed by atoms with E-state index in [9.17, 15) is 4.79 Å². The molecule has 20 heavy (non-hydrogen) atoms. The zero-order chi connectivity index (χ0) is 14.5. The summed E-state index contributed by atoms with van der Waals surface area (Å²) in [6.07, 6.45) is 8.52. The van der Waals surface area contributed by atoms with Crippen LogP contribution in [0.25, 0.3) is 0 Å². The Morgan fingerprint density at radius 2 is 2.10 bits per heavy atom. The molecule has 0 aromatic rings. The fraction of sp³-hybridized carbons (Fsp3) is 0.938. The fourth-order valence-corrected chi connectivity index (χ4v) is 4.23. The molecular weight excluding hydrogens is 250 g/mol. The first-order valence-electron chi connectivity index (χ1n) is 8.39. The Labute approximate surface area is 123 Å². The lowest BCUT2D eigenvalue weighted by molar-refractivity contribution is -0.124. The van der Waals surface area contributed by atoms with Crippen LogP contribution in [0.5, 0.6) is 0 Å². The first-order valence-corrected chi connectivity index (χ1v) is 8.39. The maximum absolute atomic E-state index is 11.5. The van der Waals surface area contributed by atoms with Gasteiger partial charge < -0.3 is 11.5 Å². The molecule has 2 fully saturated rings. The van der Waals surface area contributed by atoms with Crippen LogP contribution >= 0.6 is 0 Å². The molecule has 4 heteroatoms. The van der Waals surface area contributed by atoms with Crippen LogP contribution < -0.4 is 11.5 Å². The third-order valence-electron chi connectivity index (χ3n) is 5.39. The van der Waals surface area contributed by atoms with Gasteiger partial charge in [-0.2, -0.15) is 0 Å². The monoisotopic (exact) mass is 281 g/mol. The standard InChI is InChI=1S/C16H31N3O/c1-2-4-12-6-7-13(10-17)15(9-12)19-8-3-5-14(11-19)16(18)20/h12-15H,2-11,17H2,1H3,(H2,18,20). The average molecular weight is 281 g/mol. The van der Waals surface area contributed by atoms with Crippen LogP contribution in [-0.2, 0) is 4.79 Å². The molecular formula is C16H31N3O. The van der Waals surface area contributed by atoms with E-state index in [2.05, 4.69) is 11.8 Å². The predicted octanol–water partition coefficient (Wildman–Crippen LogP) is 1.73. The lowest BCUT2D eigenvalue weighted by Crippen LogP contribution is -2.52. The summed E-state index contributed by atoms with van der Waals surface area (Å²) in [5, 5.41) is 0. The first kappa shape index (κ1) is 15.8. The van der Waals surface area contributed by atoms with Crippen molar-refractivity contribution >= 4 is 5.91 Å². The molecule has 1 amide bonds. The summed E-state index contributed by atoms with van der Waals surface area (Å²) in [5.41, 5.74) is 11.5. The summed E-state index contributed by atoms with van der Waals surface area (Å²) in [7, 11) is 0. The summed E-state index contributed by atoms with van der Waals surface area (Å²) in [4.78, 5) is 14.0. The van der Waals surface area contributed by atoms with Crippen molar-refractivity contribution in [2.24, 2.45) is 29.2 Å². The number of hydrogen-bond acceptors (Lipinski definition) is 3. The van der Waals surface area contributed by atoms with E-state index in [-0.39, 0.29) is 11.8 Å². The average Bonchev–Trinajstić information content (AvgIpc) is 2.47. The van der Waals surface area contributed by atoms with E-state index in [1.807, 2.05) is 0 Å². The number of rotatable bonds is 5. The highest BCUT2D eigenvalue weighted by Gasteiger charge is 2.36. The normalized spacial score (nSPS) is 35.9. The Morgan fingerprint density at radius 3 is 2.75 bits per heavy atom. The minimum Gasteiger partial charge on any atom is -0.369 e. The van der Waals surface area contributed by atoms with Crippen molar-refractivity contribution in [2.75, 3.05) is 19.6 Å². The van der Waals surface area contributed by atoms with Gasteiger partial charge in [-0.3, -0.25) is 9.69 Å². The molecule has 4 nitrogen and oxygen atoms in total. The van der Waals surface area contributed by atoms with Gasteiger partial charge in [0.05, 0.1) is 5.92 Å². The molecule has 1 saturated heterocycles. The second-order valence-corrected chi connectivity index (χ2v) is 6.77. The first-order chi connectivity index (χ1) is 9.65. The van der Waals surface area contributed by atoms with Crippen LogP contribution in [0.4, 0.5) is 0 Å². The summed E-state index contributed by atoms with van der Waals surface area (Å²) in [5.74, 6) is 1.38. The molecule has 2 aliphatic rings. The van der Waals surface area contributed by atoms with Crippen molar-refractivity contribution in [2.45, 2.75) is 57.9 Å². The molecule has 1 aliphatic carbocycles. The summed E-state index contributed by atoms with van der Waals surface area (Å²) >= 11 is 0. The van der Waals surface area contributed by atoms with Crippen molar-refractivity contribution in [3.63, 3.8) is 0 Å². The van der Waals surface area contributed by atoms with Gasteiger partial charge in [0.15, 0.2) is 0 Å². The van der Waals surface area contributed by atoms with Gasteiger partial charge >= 0.3 is 0 Å². The summed E-state index contributed by atoms with van der Waals surface area (Å²) in [6.45, 7) is 5.02. The van der Waals surface area contributed by atoms with Gasteiger partial charge in [0.2, 0.25) is 5.91 Å². The zero-order valence-electron chi connectivity index (χ0n) is 12.9. The van der Waals surface area contributed by atoms with Gasteiger partial charge in [-0.25, -0.2) is 0 Å². The van der Waals surface area contributed by atoms with Crippen LogP contribution in [-0.4, -0.2) is 36.5 Å². The second kappa shape index (κ2) is 7.41. The molecule has 0 radical (unpaired) electrons. The number of carbonyl (C=O) groups is 1. The highest BCUT2D eigenvalue weighted by molar-refractivity contribution is 5.76. The van der Waals surface area contributed by atoms with Crippen molar-refractivity contribution in [1.29, 1.82) is 0 Å². The molecule has 0 aromatic carbocycles. The molecule has 0 aromatic heterocycles. The highest BCUT2D eigenvalue weighted by atomic mass is 16.1. The quantitative estimate of drug-likeness (QED) is 0.806. The lowest BCUT2D eigenvalue weighted by atomic mass is 9.75. The molecule has 1 saturated carbocycles. The number of primary amides is 1. The Hall–Kier alpha value is -0.610. The maximum atomic E-state index is 11.5. The Kier molecular flexibility index (Phi) is 5.85. The van der Waals surface area contributed by atoms with E-state index in [1.54, 1.807) is 0 Å². The number of nitrogens with zero attached hydrogens (tertiary/aromatic N) is 1. The Balaban J connectivity index is 2.00. The molecule has 2 rings (SSSR count). The highest BCUT2D eigenvalue weighted by Crippen LogP contribution is 2.36. The van der Waals surface area contributed by atoms with E-state index in [1.165, 1.54) is 32.1 Å². The molecule has 1 heterocycles. The van der Waals surface area contributed by atoms with Crippen LogP contribution in [0.2, 0.25) is 0 Å². The molecule has 4 unspecified atom stereocenters. The minimum absolute atomic E-state index is 0.0497. The second-order valence-electron chi connectivity index (χ2n) is 6.77.